The van der Waals surface area contributed by atoms with E-state index in [-0.39, 0.29) is 6.61 Å². The first-order valence-electron chi connectivity index (χ1n) is 8.33. The van der Waals surface area contributed by atoms with Crippen molar-refractivity contribution in [1.82, 2.24) is 29.1 Å². The first-order valence-corrected chi connectivity index (χ1v) is 8.71. The summed E-state index contributed by atoms with van der Waals surface area (Å²) in [6.45, 7) is 4.43. The highest BCUT2D eigenvalue weighted by Crippen LogP contribution is 2.34. The molecule has 8 heteroatoms. The van der Waals surface area contributed by atoms with Gasteiger partial charge in [-0.3, -0.25) is 13.9 Å². The van der Waals surface area contributed by atoms with Gasteiger partial charge in [0, 0.05) is 24.8 Å². The average Bonchev–Trinajstić information content (AvgIpc) is 3.27. The van der Waals surface area contributed by atoms with E-state index >= 15 is 0 Å². The van der Waals surface area contributed by atoms with Gasteiger partial charge in [0.25, 0.3) is 0 Å². The predicted molar refractivity (Wildman–Crippen MR) is 101 cm³/mol. The molecular formula is C18H19ClN6O. The minimum atomic E-state index is 0.0403. The quantitative estimate of drug-likeness (QED) is 0.599. The molecule has 0 unspecified atom stereocenters. The molecule has 3 aromatic heterocycles. The number of halogens is 1. The van der Waals surface area contributed by atoms with Crippen LogP contribution in [0.1, 0.15) is 11.4 Å². The number of imidazole rings is 1. The van der Waals surface area contributed by atoms with Crippen molar-refractivity contribution in [2.75, 3.05) is 6.61 Å². The van der Waals surface area contributed by atoms with Crippen molar-refractivity contribution < 1.29 is 5.11 Å². The van der Waals surface area contributed by atoms with E-state index in [2.05, 4.69) is 15.2 Å². The van der Waals surface area contributed by atoms with E-state index in [1.165, 1.54) is 0 Å². The van der Waals surface area contributed by atoms with Crippen molar-refractivity contribution in [2.45, 2.75) is 20.4 Å². The molecule has 1 N–H and O–H groups in total. The maximum Gasteiger partial charge on any atom is 0.166 e. The van der Waals surface area contributed by atoms with Gasteiger partial charge in [0.15, 0.2) is 5.82 Å². The molecule has 0 bridgehead atoms. The summed E-state index contributed by atoms with van der Waals surface area (Å²) in [4.78, 5) is 4.55. The fourth-order valence-electron chi connectivity index (χ4n) is 3.43. The zero-order chi connectivity index (χ0) is 18.4. The summed E-state index contributed by atoms with van der Waals surface area (Å²) in [5.74, 6) is 0.707. The van der Waals surface area contributed by atoms with Gasteiger partial charge in [0.1, 0.15) is 5.69 Å². The Labute approximate surface area is 155 Å². The van der Waals surface area contributed by atoms with Crippen molar-refractivity contribution in [3.05, 3.63) is 47.0 Å². The maximum absolute atomic E-state index is 9.25. The molecule has 4 aromatic rings. The van der Waals surface area contributed by atoms with Gasteiger partial charge in [-0.25, -0.2) is 4.98 Å². The highest BCUT2D eigenvalue weighted by molar-refractivity contribution is 6.36. The van der Waals surface area contributed by atoms with Gasteiger partial charge in [-0.15, -0.1) is 0 Å². The van der Waals surface area contributed by atoms with Crippen molar-refractivity contribution in [3.8, 4) is 17.2 Å². The molecule has 4 rings (SSSR count). The molecule has 0 saturated carbocycles. The van der Waals surface area contributed by atoms with Crippen LogP contribution in [0.15, 0.2) is 30.6 Å². The van der Waals surface area contributed by atoms with Crippen LogP contribution in [0.25, 0.3) is 28.1 Å². The Morgan fingerprint density at radius 3 is 2.77 bits per heavy atom. The van der Waals surface area contributed by atoms with Gasteiger partial charge in [-0.2, -0.15) is 10.2 Å². The number of benzene rings is 1. The van der Waals surface area contributed by atoms with E-state index in [0.29, 0.717) is 17.4 Å². The van der Waals surface area contributed by atoms with Crippen LogP contribution in [-0.4, -0.2) is 40.8 Å². The Kier molecular flexibility index (Phi) is 4.05. The first-order chi connectivity index (χ1) is 12.5. The molecule has 0 saturated heterocycles. The standard InChI is InChI=1S/C18H19ClN6O/c1-11-17(12(2)25(21-11)9-10-26)24-8-7-20-18(24)16-15-13(19)5-4-6-14(15)23(3)22-16/h4-8,26H,9-10H2,1-3H3. The van der Waals surface area contributed by atoms with Crippen LogP contribution in [0.3, 0.4) is 0 Å². The molecule has 0 aliphatic rings. The second kappa shape index (κ2) is 6.26. The van der Waals surface area contributed by atoms with Crippen LogP contribution in [0.2, 0.25) is 5.02 Å². The Balaban J connectivity index is 1.96. The lowest BCUT2D eigenvalue weighted by Gasteiger charge is -2.08. The van der Waals surface area contributed by atoms with E-state index in [4.69, 9.17) is 11.6 Å². The van der Waals surface area contributed by atoms with Crippen LogP contribution in [0.5, 0.6) is 0 Å². The Bertz CT molecular complexity index is 1110. The lowest BCUT2D eigenvalue weighted by molar-refractivity contribution is 0.268. The maximum atomic E-state index is 9.25. The molecule has 0 fully saturated rings. The molecule has 0 aliphatic carbocycles. The van der Waals surface area contributed by atoms with Crippen molar-refractivity contribution >= 4 is 22.5 Å². The van der Waals surface area contributed by atoms with E-state index in [1.807, 2.05) is 54.5 Å². The van der Waals surface area contributed by atoms with E-state index in [9.17, 15) is 5.11 Å². The topological polar surface area (TPSA) is 73.7 Å². The number of hydrogen-bond donors (Lipinski definition) is 1. The highest BCUT2D eigenvalue weighted by atomic mass is 35.5. The summed E-state index contributed by atoms with van der Waals surface area (Å²) < 4.78 is 5.60. The third-order valence-corrected chi connectivity index (χ3v) is 4.89. The molecule has 1 aromatic carbocycles. The number of hydrogen-bond acceptors (Lipinski definition) is 4. The lowest BCUT2D eigenvalue weighted by Crippen LogP contribution is -2.06. The van der Waals surface area contributed by atoms with Crippen LogP contribution < -0.4 is 0 Å². The number of aryl methyl sites for hydroxylation is 2. The summed E-state index contributed by atoms with van der Waals surface area (Å²) in [5.41, 5.74) is 4.44. The number of aliphatic hydroxyl groups excluding tert-OH is 1. The molecule has 134 valence electrons. The smallest absolute Gasteiger partial charge is 0.166 e. The van der Waals surface area contributed by atoms with Gasteiger partial charge >= 0.3 is 0 Å². The van der Waals surface area contributed by atoms with Crippen molar-refractivity contribution in [3.63, 3.8) is 0 Å². The molecule has 0 aliphatic heterocycles. The fraction of sp³-hybridized carbons (Fsp3) is 0.278. The van der Waals surface area contributed by atoms with Gasteiger partial charge in [0.2, 0.25) is 0 Å². The molecule has 0 atom stereocenters. The predicted octanol–water partition coefficient (Wildman–Crippen LogP) is 2.89. The Morgan fingerprint density at radius 2 is 2.00 bits per heavy atom. The van der Waals surface area contributed by atoms with Crippen LogP contribution >= 0.6 is 11.6 Å². The number of fused-ring (bicyclic) bond motifs is 1. The summed E-state index contributed by atoms with van der Waals surface area (Å²) in [6.07, 6.45) is 3.64. The second-order valence-corrected chi connectivity index (χ2v) is 6.60. The summed E-state index contributed by atoms with van der Waals surface area (Å²) in [5, 5.41) is 20.0. The second-order valence-electron chi connectivity index (χ2n) is 6.19. The molecule has 0 radical (unpaired) electrons. The molecule has 0 amide bonds. The number of aromatic nitrogens is 6. The minimum absolute atomic E-state index is 0.0403. The third-order valence-electron chi connectivity index (χ3n) is 4.58. The highest BCUT2D eigenvalue weighted by Gasteiger charge is 2.21. The lowest BCUT2D eigenvalue weighted by atomic mass is 10.2. The van der Waals surface area contributed by atoms with Crippen molar-refractivity contribution in [1.29, 1.82) is 0 Å². The van der Waals surface area contributed by atoms with E-state index in [0.717, 1.165) is 33.7 Å². The zero-order valence-electron chi connectivity index (χ0n) is 14.8. The summed E-state index contributed by atoms with van der Waals surface area (Å²) in [6, 6.07) is 5.76. The van der Waals surface area contributed by atoms with Gasteiger partial charge in [-0.05, 0) is 26.0 Å². The van der Waals surface area contributed by atoms with Gasteiger partial charge < -0.3 is 5.11 Å². The largest absolute Gasteiger partial charge is 0.394 e. The monoisotopic (exact) mass is 370 g/mol. The molecule has 0 spiro atoms. The SMILES string of the molecule is Cc1nn(CCO)c(C)c1-n1ccnc1-c1nn(C)c2cccc(Cl)c12. The van der Waals surface area contributed by atoms with Crippen LogP contribution in [-0.2, 0) is 13.6 Å². The zero-order valence-corrected chi connectivity index (χ0v) is 15.6. The minimum Gasteiger partial charge on any atom is -0.394 e. The molecule has 26 heavy (non-hydrogen) atoms. The van der Waals surface area contributed by atoms with E-state index < -0.39 is 0 Å². The fourth-order valence-corrected chi connectivity index (χ4v) is 3.69. The number of aliphatic hydroxyl groups is 1. The molecular weight excluding hydrogens is 352 g/mol. The van der Waals surface area contributed by atoms with Crippen LogP contribution in [0, 0.1) is 13.8 Å². The Hall–Kier alpha value is -2.64. The van der Waals surface area contributed by atoms with E-state index in [1.54, 1.807) is 10.9 Å². The summed E-state index contributed by atoms with van der Waals surface area (Å²) >= 11 is 6.46. The third kappa shape index (κ3) is 2.43. The molecule has 3 heterocycles. The number of rotatable bonds is 4. The van der Waals surface area contributed by atoms with Crippen molar-refractivity contribution in [2.24, 2.45) is 7.05 Å². The normalized spacial score (nSPS) is 11.6. The number of nitrogens with zero attached hydrogens (tertiary/aromatic N) is 6. The Morgan fingerprint density at radius 1 is 1.19 bits per heavy atom. The van der Waals surface area contributed by atoms with Crippen LogP contribution in [0.4, 0.5) is 0 Å². The van der Waals surface area contributed by atoms with Gasteiger partial charge in [0.05, 0.1) is 40.8 Å². The first kappa shape index (κ1) is 16.8. The molecule has 7 nitrogen and oxygen atoms in total. The average molecular weight is 371 g/mol. The summed E-state index contributed by atoms with van der Waals surface area (Å²) in [7, 11) is 1.89. The van der Waals surface area contributed by atoms with Gasteiger partial charge in [-0.1, -0.05) is 17.7 Å².